The number of nitrogens with one attached hydrogen (secondary N) is 1. The van der Waals surface area contributed by atoms with E-state index in [1.807, 2.05) is 6.92 Å². The highest BCUT2D eigenvalue weighted by Gasteiger charge is 2.10. The first kappa shape index (κ1) is 11.3. The fourth-order valence-corrected chi connectivity index (χ4v) is 1.29. The number of carbonyl (C=O) groups is 1. The Morgan fingerprint density at radius 2 is 2.12 bits per heavy atom. The van der Waals surface area contributed by atoms with Gasteiger partial charge in [0.1, 0.15) is 0 Å². The smallest absolute Gasteiger partial charge is 0.322 e. The van der Waals surface area contributed by atoms with E-state index in [1.165, 1.54) is 0 Å². The number of anilines is 1. The predicted octanol–water partition coefficient (Wildman–Crippen LogP) is 1.87. The van der Waals surface area contributed by atoms with Gasteiger partial charge in [0.15, 0.2) is 0 Å². The van der Waals surface area contributed by atoms with Crippen LogP contribution in [0, 0.1) is 0 Å². The molecule has 0 fully saturated rings. The van der Waals surface area contributed by atoms with Gasteiger partial charge in [-0.15, -0.1) is 5.10 Å². The molecule has 88 valence electrons. The number of nitrogens with zero attached hydrogens (tertiary/aromatic N) is 3. The number of hydrogen-bond acceptors (Lipinski definition) is 5. The Morgan fingerprint density at radius 1 is 1.35 bits per heavy atom. The van der Waals surface area contributed by atoms with Gasteiger partial charge in [-0.25, -0.2) is 0 Å². The van der Waals surface area contributed by atoms with Crippen molar-refractivity contribution in [3.63, 3.8) is 0 Å². The Hall–Kier alpha value is -2.24. The lowest BCUT2D eigenvalue weighted by molar-refractivity contribution is -0.116. The van der Waals surface area contributed by atoms with Crippen LogP contribution in [0.15, 0.2) is 28.9 Å². The van der Waals surface area contributed by atoms with Crippen LogP contribution in [0.3, 0.4) is 0 Å². The van der Waals surface area contributed by atoms with Crippen LogP contribution in [0.4, 0.5) is 6.01 Å². The Morgan fingerprint density at radius 3 is 2.82 bits per heavy atom. The Balaban J connectivity index is 2.09. The van der Waals surface area contributed by atoms with E-state index in [0.717, 1.165) is 12.0 Å². The van der Waals surface area contributed by atoms with Crippen molar-refractivity contribution in [3.8, 4) is 11.5 Å². The fraction of sp³-hybridized carbons (Fsp3) is 0.273. The van der Waals surface area contributed by atoms with Crippen LogP contribution in [-0.4, -0.2) is 21.1 Å². The molecule has 2 aromatic rings. The number of hydrogen-bond donors (Lipinski definition) is 1. The second-order valence-electron chi connectivity index (χ2n) is 3.45. The maximum absolute atomic E-state index is 11.3. The monoisotopic (exact) mass is 232 g/mol. The average molecular weight is 232 g/mol. The topological polar surface area (TPSA) is 80.9 Å². The van der Waals surface area contributed by atoms with Gasteiger partial charge in [0.25, 0.3) is 0 Å². The molecular weight excluding hydrogens is 220 g/mol. The van der Waals surface area contributed by atoms with E-state index in [-0.39, 0.29) is 11.9 Å². The van der Waals surface area contributed by atoms with E-state index in [9.17, 15) is 4.79 Å². The molecule has 2 heterocycles. The number of rotatable bonds is 4. The summed E-state index contributed by atoms with van der Waals surface area (Å²) in [7, 11) is 0. The minimum atomic E-state index is -0.127. The number of amides is 1. The van der Waals surface area contributed by atoms with Crippen molar-refractivity contribution in [3.05, 3.63) is 24.5 Å². The highest BCUT2D eigenvalue weighted by molar-refractivity contribution is 5.88. The van der Waals surface area contributed by atoms with Crippen molar-refractivity contribution in [2.75, 3.05) is 5.32 Å². The Labute approximate surface area is 98.1 Å². The Kier molecular flexibility index (Phi) is 3.44. The lowest BCUT2D eigenvalue weighted by Gasteiger charge is -1.96. The van der Waals surface area contributed by atoms with E-state index in [0.29, 0.717) is 12.3 Å². The lowest BCUT2D eigenvalue weighted by atomic mass is 10.3. The SMILES string of the molecule is CCCC(=O)Nc1nnc(-c2ccncc2)o1. The van der Waals surface area contributed by atoms with Crippen molar-refractivity contribution >= 4 is 11.9 Å². The van der Waals surface area contributed by atoms with Crippen LogP contribution in [-0.2, 0) is 4.79 Å². The first-order valence-corrected chi connectivity index (χ1v) is 5.33. The van der Waals surface area contributed by atoms with Crippen molar-refractivity contribution in [2.24, 2.45) is 0 Å². The maximum Gasteiger partial charge on any atom is 0.322 e. The van der Waals surface area contributed by atoms with Gasteiger partial charge in [-0.1, -0.05) is 12.0 Å². The third kappa shape index (κ3) is 2.87. The van der Waals surface area contributed by atoms with Crippen LogP contribution in [0.2, 0.25) is 0 Å². The zero-order chi connectivity index (χ0) is 12.1. The molecule has 17 heavy (non-hydrogen) atoms. The van der Waals surface area contributed by atoms with Gasteiger partial charge in [0.05, 0.1) is 0 Å². The quantitative estimate of drug-likeness (QED) is 0.870. The molecule has 0 saturated carbocycles. The first-order chi connectivity index (χ1) is 8.29. The van der Waals surface area contributed by atoms with Crippen LogP contribution < -0.4 is 5.32 Å². The third-order valence-corrected chi connectivity index (χ3v) is 2.08. The molecule has 0 bridgehead atoms. The molecule has 2 rings (SSSR count). The molecule has 6 nitrogen and oxygen atoms in total. The second-order valence-corrected chi connectivity index (χ2v) is 3.45. The summed E-state index contributed by atoms with van der Waals surface area (Å²) in [6, 6.07) is 3.63. The fourth-order valence-electron chi connectivity index (χ4n) is 1.29. The summed E-state index contributed by atoms with van der Waals surface area (Å²) in [5.41, 5.74) is 0.767. The van der Waals surface area contributed by atoms with E-state index in [2.05, 4.69) is 20.5 Å². The Bertz CT molecular complexity index is 495. The summed E-state index contributed by atoms with van der Waals surface area (Å²) in [6.07, 6.45) is 4.48. The zero-order valence-electron chi connectivity index (χ0n) is 9.38. The summed E-state index contributed by atoms with van der Waals surface area (Å²) < 4.78 is 5.30. The zero-order valence-corrected chi connectivity index (χ0v) is 9.38. The summed E-state index contributed by atoms with van der Waals surface area (Å²) in [5.74, 6) is 0.233. The van der Waals surface area contributed by atoms with Crippen molar-refractivity contribution in [2.45, 2.75) is 19.8 Å². The van der Waals surface area contributed by atoms with E-state index in [1.54, 1.807) is 24.5 Å². The minimum absolute atomic E-state index is 0.121. The highest BCUT2D eigenvalue weighted by atomic mass is 16.4. The third-order valence-electron chi connectivity index (χ3n) is 2.08. The molecule has 1 N–H and O–H groups in total. The largest absolute Gasteiger partial charge is 0.403 e. The van der Waals surface area contributed by atoms with E-state index in [4.69, 9.17) is 4.42 Å². The van der Waals surface area contributed by atoms with Crippen LogP contribution in [0.25, 0.3) is 11.5 Å². The van der Waals surface area contributed by atoms with Gasteiger partial charge in [0.2, 0.25) is 11.8 Å². The van der Waals surface area contributed by atoms with E-state index >= 15 is 0 Å². The van der Waals surface area contributed by atoms with Crippen molar-refractivity contribution in [1.82, 2.24) is 15.2 Å². The van der Waals surface area contributed by atoms with Crippen LogP contribution in [0.1, 0.15) is 19.8 Å². The molecule has 0 aromatic carbocycles. The average Bonchev–Trinajstić information content (AvgIpc) is 2.79. The number of pyridine rings is 1. The molecule has 1 amide bonds. The second kappa shape index (κ2) is 5.20. The predicted molar refractivity (Wildman–Crippen MR) is 61.1 cm³/mol. The van der Waals surface area contributed by atoms with E-state index < -0.39 is 0 Å². The van der Waals surface area contributed by atoms with Crippen LogP contribution in [0.5, 0.6) is 0 Å². The van der Waals surface area contributed by atoms with Gasteiger partial charge in [-0.2, -0.15) is 0 Å². The molecule has 0 radical (unpaired) electrons. The molecule has 0 aliphatic carbocycles. The first-order valence-electron chi connectivity index (χ1n) is 5.33. The summed E-state index contributed by atoms with van der Waals surface area (Å²) in [6.45, 7) is 1.93. The summed E-state index contributed by atoms with van der Waals surface area (Å²) >= 11 is 0. The standard InChI is InChI=1S/C11H12N4O2/c1-2-3-9(16)13-11-15-14-10(17-11)8-4-6-12-7-5-8/h4-7H,2-3H2,1H3,(H,13,15,16). The molecule has 0 spiro atoms. The molecule has 6 heteroatoms. The van der Waals surface area contributed by atoms with Gasteiger partial charge in [-0.05, 0) is 18.6 Å². The van der Waals surface area contributed by atoms with Crippen LogP contribution >= 0.6 is 0 Å². The number of aromatic nitrogens is 3. The molecule has 0 unspecified atom stereocenters. The number of carbonyl (C=O) groups excluding carboxylic acids is 1. The normalized spacial score (nSPS) is 10.2. The lowest BCUT2D eigenvalue weighted by Crippen LogP contribution is -2.10. The molecule has 0 aliphatic heterocycles. The molecular formula is C11H12N4O2. The minimum Gasteiger partial charge on any atom is -0.403 e. The van der Waals surface area contributed by atoms with Gasteiger partial charge < -0.3 is 4.42 Å². The maximum atomic E-state index is 11.3. The van der Waals surface area contributed by atoms with Gasteiger partial charge >= 0.3 is 6.01 Å². The molecule has 2 aromatic heterocycles. The highest BCUT2D eigenvalue weighted by Crippen LogP contribution is 2.18. The molecule has 0 atom stereocenters. The van der Waals surface area contributed by atoms with Gasteiger partial charge in [-0.3, -0.25) is 15.1 Å². The molecule has 0 saturated heterocycles. The molecule has 0 aliphatic rings. The van der Waals surface area contributed by atoms with Gasteiger partial charge in [0, 0.05) is 24.4 Å². The summed E-state index contributed by atoms with van der Waals surface area (Å²) in [4.78, 5) is 15.2. The summed E-state index contributed by atoms with van der Waals surface area (Å²) in [5, 5.41) is 10.1. The van der Waals surface area contributed by atoms with Crippen molar-refractivity contribution < 1.29 is 9.21 Å². The van der Waals surface area contributed by atoms with Crippen molar-refractivity contribution in [1.29, 1.82) is 0 Å².